The SMILES string of the molecule is CCNC(=O)c1ccc(CCl)cc1. The first-order chi connectivity index (χ1) is 6.27. The van der Waals surface area contributed by atoms with Crippen molar-refractivity contribution < 1.29 is 4.79 Å². The summed E-state index contributed by atoms with van der Waals surface area (Å²) in [5.74, 6) is 0.444. The van der Waals surface area contributed by atoms with Crippen molar-refractivity contribution in [2.24, 2.45) is 0 Å². The number of amides is 1. The van der Waals surface area contributed by atoms with Crippen LogP contribution < -0.4 is 5.32 Å². The zero-order valence-corrected chi connectivity index (χ0v) is 8.27. The third-order valence-electron chi connectivity index (χ3n) is 1.71. The van der Waals surface area contributed by atoms with Crippen LogP contribution in [0.3, 0.4) is 0 Å². The first kappa shape index (κ1) is 10.1. The van der Waals surface area contributed by atoms with E-state index in [2.05, 4.69) is 5.32 Å². The largest absolute Gasteiger partial charge is 0.352 e. The highest BCUT2D eigenvalue weighted by Crippen LogP contribution is 2.06. The van der Waals surface area contributed by atoms with Gasteiger partial charge in [0.1, 0.15) is 0 Å². The number of halogens is 1. The topological polar surface area (TPSA) is 29.1 Å². The number of carbonyl (C=O) groups is 1. The first-order valence-electron chi connectivity index (χ1n) is 4.21. The summed E-state index contributed by atoms with van der Waals surface area (Å²) < 4.78 is 0. The van der Waals surface area contributed by atoms with Crippen LogP contribution in [-0.4, -0.2) is 12.5 Å². The molecule has 2 nitrogen and oxygen atoms in total. The maximum absolute atomic E-state index is 11.3. The number of alkyl halides is 1. The molecule has 0 aliphatic carbocycles. The molecule has 13 heavy (non-hydrogen) atoms. The zero-order valence-electron chi connectivity index (χ0n) is 7.51. The van der Waals surface area contributed by atoms with E-state index < -0.39 is 0 Å². The van der Waals surface area contributed by atoms with Crippen LogP contribution in [0.2, 0.25) is 0 Å². The van der Waals surface area contributed by atoms with E-state index in [-0.39, 0.29) is 5.91 Å². The monoisotopic (exact) mass is 197 g/mol. The van der Waals surface area contributed by atoms with Gasteiger partial charge in [-0.1, -0.05) is 12.1 Å². The van der Waals surface area contributed by atoms with Gasteiger partial charge in [0.25, 0.3) is 5.91 Å². The molecule has 0 aliphatic heterocycles. The fourth-order valence-electron chi connectivity index (χ4n) is 1.01. The van der Waals surface area contributed by atoms with E-state index in [1.807, 2.05) is 19.1 Å². The van der Waals surface area contributed by atoms with E-state index in [9.17, 15) is 4.79 Å². The third kappa shape index (κ3) is 2.74. The predicted molar refractivity (Wildman–Crippen MR) is 54.0 cm³/mol. The van der Waals surface area contributed by atoms with Crippen LogP contribution in [0.4, 0.5) is 0 Å². The minimum atomic E-state index is -0.0383. The van der Waals surface area contributed by atoms with Crippen LogP contribution in [0.5, 0.6) is 0 Å². The summed E-state index contributed by atoms with van der Waals surface area (Å²) >= 11 is 5.62. The molecule has 1 aromatic rings. The Kier molecular flexibility index (Phi) is 3.77. The number of nitrogens with one attached hydrogen (secondary N) is 1. The number of hydrogen-bond donors (Lipinski definition) is 1. The number of benzene rings is 1. The summed E-state index contributed by atoms with van der Waals surface area (Å²) in [6.07, 6.45) is 0. The Labute approximate surface area is 82.9 Å². The molecular weight excluding hydrogens is 186 g/mol. The molecule has 1 rings (SSSR count). The van der Waals surface area contributed by atoms with E-state index in [1.54, 1.807) is 12.1 Å². The smallest absolute Gasteiger partial charge is 0.251 e. The molecule has 0 heterocycles. The van der Waals surface area contributed by atoms with Gasteiger partial charge in [-0.3, -0.25) is 4.79 Å². The summed E-state index contributed by atoms with van der Waals surface area (Å²) in [4.78, 5) is 11.3. The van der Waals surface area contributed by atoms with Crippen molar-refractivity contribution in [1.29, 1.82) is 0 Å². The van der Waals surface area contributed by atoms with E-state index >= 15 is 0 Å². The van der Waals surface area contributed by atoms with Gasteiger partial charge in [0.2, 0.25) is 0 Å². The highest BCUT2D eigenvalue weighted by molar-refractivity contribution is 6.17. The fourth-order valence-corrected chi connectivity index (χ4v) is 1.19. The van der Waals surface area contributed by atoms with Crippen LogP contribution >= 0.6 is 11.6 Å². The molecule has 0 aliphatic rings. The van der Waals surface area contributed by atoms with Crippen molar-refractivity contribution >= 4 is 17.5 Å². The Morgan fingerprint density at radius 1 is 1.38 bits per heavy atom. The molecule has 0 aromatic heterocycles. The van der Waals surface area contributed by atoms with Gasteiger partial charge in [0, 0.05) is 18.0 Å². The van der Waals surface area contributed by atoms with Crippen molar-refractivity contribution in [1.82, 2.24) is 5.32 Å². The summed E-state index contributed by atoms with van der Waals surface area (Å²) in [5, 5.41) is 2.73. The molecule has 0 spiro atoms. The van der Waals surface area contributed by atoms with Gasteiger partial charge in [0.05, 0.1) is 0 Å². The van der Waals surface area contributed by atoms with Gasteiger partial charge in [-0.25, -0.2) is 0 Å². The van der Waals surface area contributed by atoms with Gasteiger partial charge >= 0.3 is 0 Å². The number of carbonyl (C=O) groups excluding carboxylic acids is 1. The average molecular weight is 198 g/mol. The molecule has 1 aromatic carbocycles. The maximum atomic E-state index is 11.3. The second-order valence-electron chi connectivity index (χ2n) is 2.69. The second-order valence-corrected chi connectivity index (χ2v) is 2.96. The molecule has 0 radical (unpaired) electrons. The second kappa shape index (κ2) is 4.87. The van der Waals surface area contributed by atoms with Crippen LogP contribution in [0.25, 0.3) is 0 Å². The first-order valence-corrected chi connectivity index (χ1v) is 4.74. The molecule has 0 fully saturated rings. The van der Waals surface area contributed by atoms with Crippen LogP contribution in [0, 0.1) is 0 Å². The molecule has 0 unspecified atom stereocenters. The Bertz CT molecular complexity index is 281. The normalized spacial score (nSPS) is 9.69. The zero-order chi connectivity index (χ0) is 9.68. The lowest BCUT2D eigenvalue weighted by Gasteiger charge is -2.02. The molecule has 0 saturated carbocycles. The van der Waals surface area contributed by atoms with Gasteiger partial charge in [0.15, 0.2) is 0 Å². The van der Waals surface area contributed by atoms with E-state index in [1.165, 1.54) is 0 Å². The van der Waals surface area contributed by atoms with Gasteiger partial charge in [-0.2, -0.15) is 0 Å². The Hall–Kier alpha value is -1.02. The van der Waals surface area contributed by atoms with E-state index in [0.717, 1.165) is 5.56 Å². The van der Waals surface area contributed by atoms with Crippen LogP contribution in [-0.2, 0) is 5.88 Å². The van der Waals surface area contributed by atoms with E-state index in [0.29, 0.717) is 18.0 Å². The molecule has 1 amide bonds. The van der Waals surface area contributed by atoms with E-state index in [4.69, 9.17) is 11.6 Å². The molecule has 1 N–H and O–H groups in total. The van der Waals surface area contributed by atoms with Crippen molar-refractivity contribution in [3.8, 4) is 0 Å². The quantitative estimate of drug-likeness (QED) is 0.740. The van der Waals surface area contributed by atoms with Crippen LogP contribution in [0.15, 0.2) is 24.3 Å². The lowest BCUT2D eigenvalue weighted by Crippen LogP contribution is -2.22. The standard InChI is InChI=1S/C10H12ClNO/c1-2-12-10(13)9-5-3-8(7-11)4-6-9/h3-6H,2,7H2,1H3,(H,12,13). The molecule has 70 valence electrons. The Morgan fingerprint density at radius 2 is 2.00 bits per heavy atom. The Morgan fingerprint density at radius 3 is 2.46 bits per heavy atom. The molecular formula is C10H12ClNO. The average Bonchev–Trinajstić information content (AvgIpc) is 2.18. The number of hydrogen-bond acceptors (Lipinski definition) is 1. The highest BCUT2D eigenvalue weighted by atomic mass is 35.5. The van der Waals surface area contributed by atoms with Crippen molar-refractivity contribution in [3.63, 3.8) is 0 Å². The number of rotatable bonds is 3. The summed E-state index contributed by atoms with van der Waals surface area (Å²) in [6.45, 7) is 2.54. The Balaban J connectivity index is 2.74. The van der Waals surface area contributed by atoms with Crippen LogP contribution in [0.1, 0.15) is 22.8 Å². The third-order valence-corrected chi connectivity index (χ3v) is 2.02. The maximum Gasteiger partial charge on any atom is 0.251 e. The van der Waals surface area contributed by atoms with Gasteiger partial charge in [-0.05, 0) is 24.6 Å². The van der Waals surface area contributed by atoms with Crippen molar-refractivity contribution in [2.75, 3.05) is 6.54 Å². The molecule has 0 saturated heterocycles. The summed E-state index contributed by atoms with van der Waals surface area (Å²) in [7, 11) is 0. The van der Waals surface area contributed by atoms with Gasteiger partial charge in [-0.15, -0.1) is 11.6 Å². The minimum Gasteiger partial charge on any atom is -0.352 e. The molecule has 0 atom stereocenters. The molecule has 3 heteroatoms. The molecule has 0 bridgehead atoms. The lowest BCUT2D eigenvalue weighted by atomic mass is 10.1. The fraction of sp³-hybridized carbons (Fsp3) is 0.300. The minimum absolute atomic E-state index is 0.0383. The van der Waals surface area contributed by atoms with Crippen molar-refractivity contribution in [3.05, 3.63) is 35.4 Å². The summed E-state index contributed by atoms with van der Waals surface area (Å²) in [5.41, 5.74) is 1.70. The predicted octanol–water partition coefficient (Wildman–Crippen LogP) is 2.18. The highest BCUT2D eigenvalue weighted by Gasteiger charge is 2.02. The van der Waals surface area contributed by atoms with Crippen molar-refractivity contribution in [2.45, 2.75) is 12.8 Å². The lowest BCUT2D eigenvalue weighted by molar-refractivity contribution is 0.0956. The summed E-state index contributed by atoms with van der Waals surface area (Å²) in [6, 6.07) is 7.28. The van der Waals surface area contributed by atoms with Gasteiger partial charge < -0.3 is 5.32 Å².